The van der Waals surface area contributed by atoms with E-state index in [9.17, 15) is 19.8 Å². The van der Waals surface area contributed by atoms with E-state index in [2.05, 4.69) is 31.4 Å². The van der Waals surface area contributed by atoms with E-state index in [1.54, 1.807) is 19.1 Å². The standard InChI is InChI=1S/C40H51N3O6/c1-24-32-20-29(40(32,3)4)21-33(24)42-39(47)37-36(25(2)45)34(23-44)49-43(37)22-28-14-10-16-31(38(28)48-5)27-13-9-15-30(19-27)41-35(46)18-17-26-11-7-6-8-12-26/h6-16,19,24-25,29,32-34,36-37,44-45H,17-18,20-23H2,1-5H3,(H,41,46)(H,42,47)/t24-,25-,29+,32-,33-,34-,36-,37-/m0/s1. The number of hydroxylamine groups is 2. The minimum atomic E-state index is -0.882. The first-order valence-corrected chi connectivity index (χ1v) is 17.6. The summed E-state index contributed by atoms with van der Waals surface area (Å²) in [4.78, 5) is 33.1. The van der Waals surface area contributed by atoms with Crippen LogP contribution in [-0.4, -0.2) is 65.1 Å². The van der Waals surface area contributed by atoms with Crippen molar-refractivity contribution >= 4 is 17.5 Å². The number of nitrogens with zero attached hydrogens (tertiary/aromatic N) is 1. The maximum Gasteiger partial charge on any atom is 0.240 e. The number of ether oxygens (including phenoxy) is 1. The molecular weight excluding hydrogens is 618 g/mol. The van der Waals surface area contributed by atoms with Gasteiger partial charge in [-0.3, -0.25) is 14.4 Å². The van der Waals surface area contributed by atoms with Gasteiger partial charge in [-0.2, -0.15) is 5.06 Å². The molecule has 8 atom stereocenters. The van der Waals surface area contributed by atoms with E-state index in [0.29, 0.717) is 47.4 Å². The fraction of sp³-hybridized carbons (Fsp3) is 0.500. The van der Waals surface area contributed by atoms with Crippen molar-refractivity contribution in [2.24, 2.45) is 29.1 Å². The molecule has 4 aliphatic rings. The van der Waals surface area contributed by atoms with Crippen LogP contribution >= 0.6 is 0 Å². The Morgan fingerprint density at radius 1 is 1.06 bits per heavy atom. The van der Waals surface area contributed by atoms with E-state index in [-0.39, 0.29) is 31.0 Å². The van der Waals surface area contributed by atoms with Gasteiger partial charge in [0.05, 0.1) is 26.4 Å². The molecule has 0 radical (unpaired) electrons. The zero-order chi connectivity index (χ0) is 34.9. The highest BCUT2D eigenvalue weighted by Gasteiger charge is 2.57. The lowest BCUT2D eigenvalue weighted by atomic mass is 9.45. The number of nitrogens with one attached hydrogen (secondary N) is 2. The highest BCUT2D eigenvalue weighted by atomic mass is 16.7. The summed E-state index contributed by atoms with van der Waals surface area (Å²) in [6.07, 6.45) is 1.57. The molecule has 1 saturated heterocycles. The summed E-state index contributed by atoms with van der Waals surface area (Å²) in [5, 5.41) is 29.1. The van der Waals surface area contributed by atoms with Crippen LogP contribution in [0.15, 0.2) is 72.8 Å². The topological polar surface area (TPSA) is 120 Å². The first-order valence-electron chi connectivity index (χ1n) is 17.6. The van der Waals surface area contributed by atoms with Crippen molar-refractivity contribution in [2.75, 3.05) is 19.0 Å². The van der Waals surface area contributed by atoms with E-state index < -0.39 is 24.2 Å². The molecule has 0 unspecified atom stereocenters. The molecule has 9 nitrogen and oxygen atoms in total. The Morgan fingerprint density at radius 3 is 2.49 bits per heavy atom. The number of benzene rings is 3. The number of methoxy groups -OCH3 is 1. The van der Waals surface area contributed by atoms with Crippen LogP contribution in [-0.2, 0) is 27.4 Å². The molecule has 3 saturated carbocycles. The summed E-state index contributed by atoms with van der Waals surface area (Å²) in [7, 11) is 1.61. The Bertz CT molecular complexity index is 1630. The van der Waals surface area contributed by atoms with Gasteiger partial charge in [0.1, 0.15) is 17.9 Å². The number of para-hydroxylation sites is 1. The fourth-order valence-corrected chi connectivity index (χ4v) is 8.72. The number of aryl methyl sites for hydroxylation is 1. The summed E-state index contributed by atoms with van der Waals surface area (Å²) < 4.78 is 5.98. The lowest BCUT2D eigenvalue weighted by Gasteiger charge is -2.62. The first-order chi connectivity index (χ1) is 23.5. The molecule has 3 aliphatic carbocycles. The van der Waals surface area contributed by atoms with Gasteiger partial charge in [0.25, 0.3) is 0 Å². The van der Waals surface area contributed by atoms with Crippen LogP contribution < -0.4 is 15.4 Å². The summed E-state index contributed by atoms with van der Waals surface area (Å²) in [6.45, 7) is 8.43. The van der Waals surface area contributed by atoms with E-state index in [4.69, 9.17) is 9.57 Å². The monoisotopic (exact) mass is 669 g/mol. The molecule has 262 valence electrons. The van der Waals surface area contributed by atoms with Gasteiger partial charge < -0.3 is 25.6 Å². The lowest BCUT2D eigenvalue weighted by molar-refractivity contribution is -0.183. The van der Waals surface area contributed by atoms with Crippen LogP contribution in [0.4, 0.5) is 5.69 Å². The number of aliphatic hydroxyl groups excluding tert-OH is 2. The van der Waals surface area contributed by atoms with Gasteiger partial charge in [-0.25, -0.2) is 0 Å². The molecule has 1 heterocycles. The van der Waals surface area contributed by atoms with E-state index in [1.807, 2.05) is 72.8 Å². The van der Waals surface area contributed by atoms with Gasteiger partial charge >= 0.3 is 0 Å². The molecular formula is C40H51N3O6. The summed E-state index contributed by atoms with van der Waals surface area (Å²) in [5.41, 5.74) is 4.56. The van der Waals surface area contributed by atoms with E-state index in [1.165, 1.54) is 6.42 Å². The molecule has 2 bridgehead atoms. The van der Waals surface area contributed by atoms with Gasteiger partial charge in [0.15, 0.2) is 0 Å². The zero-order valence-electron chi connectivity index (χ0n) is 29.3. The molecule has 3 aromatic rings. The first kappa shape index (κ1) is 35.1. The molecule has 49 heavy (non-hydrogen) atoms. The average Bonchev–Trinajstić information content (AvgIpc) is 3.47. The van der Waals surface area contributed by atoms with Crippen molar-refractivity contribution in [3.05, 3.63) is 83.9 Å². The predicted octanol–water partition coefficient (Wildman–Crippen LogP) is 5.59. The number of carbonyl (C=O) groups excluding carboxylic acids is 2. The van der Waals surface area contributed by atoms with Crippen LogP contribution in [0.2, 0.25) is 0 Å². The maximum atomic E-state index is 14.1. The highest BCUT2D eigenvalue weighted by molar-refractivity contribution is 5.92. The van der Waals surface area contributed by atoms with Crippen molar-refractivity contribution in [2.45, 2.75) is 84.2 Å². The largest absolute Gasteiger partial charge is 0.496 e. The summed E-state index contributed by atoms with van der Waals surface area (Å²) >= 11 is 0. The van der Waals surface area contributed by atoms with Gasteiger partial charge in [-0.05, 0) is 72.6 Å². The minimum Gasteiger partial charge on any atom is -0.496 e. The number of aliphatic hydroxyl groups is 2. The number of rotatable bonds is 12. The third kappa shape index (κ3) is 7.13. The van der Waals surface area contributed by atoms with Crippen LogP contribution in [0.1, 0.15) is 58.1 Å². The van der Waals surface area contributed by atoms with E-state index in [0.717, 1.165) is 28.7 Å². The highest BCUT2D eigenvalue weighted by Crippen LogP contribution is 2.61. The molecule has 4 fully saturated rings. The fourth-order valence-electron chi connectivity index (χ4n) is 8.72. The Labute approximate surface area is 290 Å². The Balaban J connectivity index is 1.20. The van der Waals surface area contributed by atoms with Crippen LogP contribution in [0.25, 0.3) is 11.1 Å². The summed E-state index contributed by atoms with van der Waals surface area (Å²) in [6, 6.07) is 22.7. The molecule has 0 aromatic heterocycles. The lowest BCUT2D eigenvalue weighted by Crippen LogP contribution is -2.62. The second-order valence-electron chi connectivity index (χ2n) is 14.8. The second kappa shape index (κ2) is 14.6. The summed E-state index contributed by atoms with van der Waals surface area (Å²) in [5.74, 6) is 1.24. The van der Waals surface area contributed by atoms with E-state index >= 15 is 0 Å². The quantitative estimate of drug-likeness (QED) is 0.198. The Kier molecular flexibility index (Phi) is 10.5. The maximum absolute atomic E-state index is 14.1. The normalized spacial score (nSPS) is 27.9. The number of carbonyl (C=O) groups is 2. The van der Waals surface area contributed by atoms with Crippen molar-refractivity contribution in [3.63, 3.8) is 0 Å². The third-order valence-corrected chi connectivity index (χ3v) is 11.6. The molecule has 1 aliphatic heterocycles. The Morgan fingerprint density at radius 2 is 1.82 bits per heavy atom. The smallest absolute Gasteiger partial charge is 0.240 e. The number of fused-ring (bicyclic) bond motifs is 2. The van der Waals surface area contributed by atoms with Crippen LogP contribution in [0, 0.1) is 29.1 Å². The van der Waals surface area contributed by atoms with Gasteiger partial charge in [-0.1, -0.05) is 81.4 Å². The predicted molar refractivity (Wildman–Crippen MR) is 189 cm³/mol. The number of hydrogen-bond donors (Lipinski definition) is 4. The van der Waals surface area contributed by atoms with Crippen molar-refractivity contribution < 1.29 is 29.4 Å². The third-order valence-electron chi connectivity index (χ3n) is 11.6. The minimum absolute atomic E-state index is 0.0536. The molecule has 4 N–H and O–H groups in total. The average molecular weight is 670 g/mol. The van der Waals surface area contributed by atoms with Crippen molar-refractivity contribution in [3.8, 4) is 16.9 Å². The second-order valence-corrected chi connectivity index (χ2v) is 14.8. The number of hydrogen-bond acceptors (Lipinski definition) is 7. The SMILES string of the molecule is COc1c(CN2O[C@@H](CO)[C@H]([C@H](C)O)[C@H]2C(=O)N[C@H]2C[C@H]3C[C@@H]([C@@H]2C)C3(C)C)cccc1-c1cccc(NC(=O)CCc2ccccc2)c1. The Hall–Kier alpha value is -3.76. The molecule has 3 aromatic carbocycles. The molecule has 9 heteroatoms. The van der Waals surface area contributed by atoms with Gasteiger partial charge in [0.2, 0.25) is 11.8 Å². The molecule has 0 spiro atoms. The van der Waals surface area contributed by atoms with Crippen LogP contribution in [0.3, 0.4) is 0 Å². The number of amides is 2. The molecule has 7 rings (SSSR count). The van der Waals surface area contributed by atoms with Gasteiger partial charge in [0, 0.05) is 35.2 Å². The van der Waals surface area contributed by atoms with Crippen molar-refractivity contribution in [1.29, 1.82) is 0 Å². The zero-order valence-corrected chi connectivity index (χ0v) is 29.3. The van der Waals surface area contributed by atoms with Crippen LogP contribution in [0.5, 0.6) is 5.75 Å². The number of anilines is 1. The van der Waals surface area contributed by atoms with Gasteiger partial charge in [-0.15, -0.1) is 0 Å². The van der Waals surface area contributed by atoms with Crippen molar-refractivity contribution in [1.82, 2.24) is 10.4 Å². The molecule has 2 amide bonds.